The minimum Gasteiger partial charge on any atom is -0.482 e. The third-order valence-corrected chi connectivity index (χ3v) is 3.19. The Morgan fingerprint density at radius 3 is 2.64 bits per heavy atom. The van der Waals surface area contributed by atoms with Crippen LogP contribution in [0, 0.1) is 0 Å². The molecular weight excluding hydrogens is 284 g/mol. The van der Waals surface area contributed by atoms with E-state index in [-0.39, 0.29) is 5.43 Å². The van der Waals surface area contributed by atoms with Gasteiger partial charge in [0, 0.05) is 6.07 Å². The van der Waals surface area contributed by atoms with Crippen molar-refractivity contribution in [2.24, 2.45) is 0 Å². The third kappa shape index (κ3) is 2.69. The van der Waals surface area contributed by atoms with E-state index in [0.29, 0.717) is 22.3 Å². The highest BCUT2D eigenvalue weighted by Crippen LogP contribution is 2.22. The lowest BCUT2D eigenvalue weighted by Crippen LogP contribution is -2.09. The largest absolute Gasteiger partial charge is 0.482 e. The summed E-state index contributed by atoms with van der Waals surface area (Å²) in [5.74, 6) is -0.730. The van der Waals surface area contributed by atoms with Crippen LogP contribution in [0.1, 0.15) is 0 Å². The second-order valence-corrected chi connectivity index (χ2v) is 4.68. The van der Waals surface area contributed by atoms with Crippen molar-refractivity contribution >= 4 is 16.9 Å². The summed E-state index contributed by atoms with van der Waals surface area (Å²) in [5.41, 5.74) is 1.47. The number of ether oxygens (including phenoxy) is 1. The molecule has 1 N–H and O–H groups in total. The molecule has 0 saturated heterocycles. The van der Waals surface area contributed by atoms with Gasteiger partial charge >= 0.3 is 5.97 Å². The number of carbonyl (C=O) groups is 1. The number of carboxylic acid groups (broad SMARTS) is 1. The van der Waals surface area contributed by atoms with Crippen LogP contribution >= 0.6 is 0 Å². The van der Waals surface area contributed by atoms with Crippen molar-refractivity contribution in [1.82, 2.24) is 0 Å². The quantitative estimate of drug-likeness (QED) is 0.801. The van der Waals surface area contributed by atoms with Gasteiger partial charge in [-0.05, 0) is 17.7 Å². The number of rotatable bonds is 4. The summed E-state index contributed by atoms with van der Waals surface area (Å²) < 4.78 is 10.6. The molecule has 1 aromatic heterocycles. The highest BCUT2D eigenvalue weighted by molar-refractivity contribution is 5.82. The molecule has 3 rings (SSSR count). The lowest BCUT2D eigenvalue weighted by molar-refractivity contribution is -0.139. The zero-order chi connectivity index (χ0) is 15.5. The zero-order valence-electron chi connectivity index (χ0n) is 11.5. The van der Waals surface area contributed by atoms with E-state index in [1.807, 2.05) is 30.3 Å². The Kier molecular flexibility index (Phi) is 3.62. The van der Waals surface area contributed by atoms with Gasteiger partial charge in [0.2, 0.25) is 0 Å². The van der Waals surface area contributed by atoms with Gasteiger partial charge in [0.05, 0.1) is 10.9 Å². The molecule has 1 heterocycles. The van der Waals surface area contributed by atoms with Crippen molar-refractivity contribution < 1.29 is 19.1 Å². The van der Waals surface area contributed by atoms with Gasteiger partial charge in [-0.3, -0.25) is 4.79 Å². The highest BCUT2D eigenvalue weighted by atomic mass is 16.5. The summed E-state index contributed by atoms with van der Waals surface area (Å²) in [6.45, 7) is -0.447. The second kappa shape index (κ2) is 5.73. The molecule has 22 heavy (non-hydrogen) atoms. The van der Waals surface area contributed by atoms with Crippen LogP contribution in [0.4, 0.5) is 0 Å². The topological polar surface area (TPSA) is 76.7 Å². The lowest BCUT2D eigenvalue weighted by atomic mass is 10.1. The Labute approximate surface area is 125 Å². The van der Waals surface area contributed by atoms with Crippen LogP contribution in [0.5, 0.6) is 5.75 Å². The summed E-state index contributed by atoms with van der Waals surface area (Å²) in [6.07, 6.45) is 1.40. The highest BCUT2D eigenvalue weighted by Gasteiger charge is 2.10. The number of carboxylic acids is 1. The van der Waals surface area contributed by atoms with E-state index in [2.05, 4.69) is 0 Å². The Bertz CT molecular complexity index is 880. The first kappa shape index (κ1) is 13.9. The van der Waals surface area contributed by atoms with Gasteiger partial charge in [-0.15, -0.1) is 0 Å². The molecule has 0 saturated carbocycles. The van der Waals surface area contributed by atoms with Crippen molar-refractivity contribution in [1.29, 1.82) is 0 Å². The van der Waals surface area contributed by atoms with Gasteiger partial charge in [-0.25, -0.2) is 4.79 Å². The van der Waals surface area contributed by atoms with Crippen LogP contribution in [-0.2, 0) is 4.79 Å². The van der Waals surface area contributed by atoms with E-state index < -0.39 is 12.6 Å². The van der Waals surface area contributed by atoms with Gasteiger partial charge in [-0.2, -0.15) is 0 Å². The molecule has 0 spiro atoms. The minimum absolute atomic E-state index is 0.141. The van der Waals surface area contributed by atoms with Crippen molar-refractivity contribution in [2.45, 2.75) is 0 Å². The van der Waals surface area contributed by atoms with Gasteiger partial charge in [-0.1, -0.05) is 30.3 Å². The zero-order valence-corrected chi connectivity index (χ0v) is 11.5. The molecule has 0 unspecified atom stereocenters. The smallest absolute Gasteiger partial charge is 0.341 e. The van der Waals surface area contributed by atoms with Gasteiger partial charge in [0.1, 0.15) is 17.6 Å². The Morgan fingerprint density at radius 1 is 1.14 bits per heavy atom. The monoisotopic (exact) mass is 296 g/mol. The maximum absolute atomic E-state index is 12.5. The molecule has 0 aliphatic heterocycles. The molecule has 5 nitrogen and oxygen atoms in total. The summed E-state index contributed by atoms with van der Waals surface area (Å²) in [6, 6.07) is 13.9. The molecule has 0 radical (unpaired) electrons. The number of hydrogen-bond acceptors (Lipinski definition) is 4. The van der Waals surface area contributed by atoms with E-state index in [1.165, 1.54) is 12.3 Å². The first-order chi connectivity index (χ1) is 10.6. The molecule has 110 valence electrons. The van der Waals surface area contributed by atoms with Gasteiger partial charge in [0.25, 0.3) is 0 Å². The summed E-state index contributed by atoms with van der Waals surface area (Å²) >= 11 is 0. The third-order valence-electron chi connectivity index (χ3n) is 3.19. The molecule has 0 fully saturated rings. The van der Waals surface area contributed by atoms with E-state index in [9.17, 15) is 9.59 Å². The van der Waals surface area contributed by atoms with E-state index in [4.69, 9.17) is 14.3 Å². The predicted molar refractivity (Wildman–Crippen MR) is 81.1 cm³/mol. The lowest BCUT2D eigenvalue weighted by Gasteiger charge is -2.05. The number of benzene rings is 2. The van der Waals surface area contributed by atoms with Crippen molar-refractivity contribution in [3.63, 3.8) is 0 Å². The average Bonchev–Trinajstić information content (AvgIpc) is 2.54. The fourth-order valence-corrected chi connectivity index (χ4v) is 2.16. The SMILES string of the molecule is O=C(O)COc1ccc2c(=O)c(-c3ccccc3)coc2c1. The predicted octanol–water partition coefficient (Wildman–Crippen LogP) is 2.92. The maximum atomic E-state index is 12.5. The summed E-state index contributed by atoms with van der Waals surface area (Å²) in [4.78, 5) is 23.0. The molecule has 0 amide bonds. The fraction of sp³-hybridized carbons (Fsp3) is 0.0588. The van der Waals surface area contributed by atoms with Crippen LogP contribution in [0.15, 0.2) is 64.0 Å². The van der Waals surface area contributed by atoms with Crippen LogP contribution in [0.25, 0.3) is 22.1 Å². The number of aliphatic carboxylic acids is 1. The normalized spacial score (nSPS) is 10.5. The van der Waals surface area contributed by atoms with Crippen LogP contribution in [0.2, 0.25) is 0 Å². The standard InChI is InChI=1S/C17H12O5/c18-16(19)10-21-12-6-7-13-15(8-12)22-9-14(17(13)20)11-4-2-1-3-5-11/h1-9H,10H2,(H,18,19). The molecule has 0 bridgehead atoms. The molecule has 0 atom stereocenters. The van der Waals surface area contributed by atoms with Crippen molar-refractivity contribution in [3.8, 4) is 16.9 Å². The minimum atomic E-state index is -1.07. The van der Waals surface area contributed by atoms with Crippen LogP contribution in [-0.4, -0.2) is 17.7 Å². The van der Waals surface area contributed by atoms with Crippen molar-refractivity contribution in [2.75, 3.05) is 6.61 Å². The molecule has 3 aromatic rings. The number of hydrogen-bond donors (Lipinski definition) is 1. The Hall–Kier alpha value is -3.08. The Morgan fingerprint density at radius 2 is 1.91 bits per heavy atom. The fourth-order valence-electron chi connectivity index (χ4n) is 2.16. The van der Waals surface area contributed by atoms with Crippen LogP contribution in [0.3, 0.4) is 0 Å². The van der Waals surface area contributed by atoms with Gasteiger partial charge < -0.3 is 14.3 Å². The molecule has 0 aliphatic rings. The van der Waals surface area contributed by atoms with Crippen molar-refractivity contribution in [3.05, 3.63) is 65.0 Å². The van der Waals surface area contributed by atoms with Crippen LogP contribution < -0.4 is 10.2 Å². The first-order valence-electron chi connectivity index (χ1n) is 6.61. The molecule has 5 heteroatoms. The molecule has 2 aromatic carbocycles. The first-order valence-corrected chi connectivity index (χ1v) is 6.61. The Balaban J connectivity index is 2.04. The summed E-state index contributed by atoms with van der Waals surface area (Å²) in [5, 5.41) is 9.02. The van der Waals surface area contributed by atoms with E-state index in [0.717, 1.165) is 5.56 Å². The van der Waals surface area contributed by atoms with E-state index in [1.54, 1.807) is 12.1 Å². The molecular formula is C17H12O5. The molecule has 0 aliphatic carbocycles. The maximum Gasteiger partial charge on any atom is 0.341 e. The average molecular weight is 296 g/mol. The second-order valence-electron chi connectivity index (χ2n) is 4.68. The number of fused-ring (bicyclic) bond motifs is 1. The summed E-state index contributed by atoms with van der Waals surface area (Å²) in [7, 11) is 0. The van der Waals surface area contributed by atoms with E-state index >= 15 is 0 Å². The van der Waals surface area contributed by atoms with Gasteiger partial charge in [0.15, 0.2) is 12.0 Å².